The van der Waals surface area contributed by atoms with Crippen LogP contribution >= 0.6 is 12.4 Å². The summed E-state index contributed by atoms with van der Waals surface area (Å²) in [5, 5.41) is 13.3. The van der Waals surface area contributed by atoms with Crippen molar-refractivity contribution in [2.24, 2.45) is 0 Å². The van der Waals surface area contributed by atoms with Crippen LogP contribution in [0.15, 0.2) is 24.3 Å². The highest BCUT2D eigenvalue weighted by molar-refractivity contribution is 5.90. The molecule has 21 heavy (non-hydrogen) atoms. The Hall–Kier alpha value is -1.59. The summed E-state index contributed by atoms with van der Waals surface area (Å²) >= 11 is 0. The van der Waals surface area contributed by atoms with Gasteiger partial charge in [-0.15, -0.1) is 12.4 Å². The van der Waals surface area contributed by atoms with Crippen LogP contribution in [-0.2, 0) is 0 Å². The van der Waals surface area contributed by atoms with E-state index in [9.17, 15) is 0 Å². The number of para-hydroxylation sites is 1. The van der Waals surface area contributed by atoms with Crippen molar-refractivity contribution in [1.82, 2.24) is 9.97 Å². The lowest BCUT2D eigenvalue weighted by Gasteiger charge is -2.17. The summed E-state index contributed by atoms with van der Waals surface area (Å²) in [5.74, 6) is 1.68. The molecule has 0 aliphatic carbocycles. The molecule has 1 aliphatic rings. The molecule has 5 nitrogen and oxygen atoms in total. The van der Waals surface area contributed by atoms with Gasteiger partial charge in [0.2, 0.25) is 5.95 Å². The number of hydrogen-bond donors (Lipinski definition) is 2. The van der Waals surface area contributed by atoms with Crippen LogP contribution in [0.5, 0.6) is 0 Å². The van der Waals surface area contributed by atoms with E-state index in [1.807, 2.05) is 24.3 Å². The van der Waals surface area contributed by atoms with E-state index >= 15 is 0 Å². The van der Waals surface area contributed by atoms with E-state index in [4.69, 9.17) is 5.11 Å². The maximum atomic E-state index is 8.90. The van der Waals surface area contributed by atoms with Crippen LogP contribution in [0.25, 0.3) is 10.9 Å². The Balaban J connectivity index is 0.00000161. The number of nitrogens with one attached hydrogen (secondary N) is 1. The highest BCUT2D eigenvalue weighted by atomic mass is 35.5. The van der Waals surface area contributed by atoms with Gasteiger partial charge in [-0.3, -0.25) is 0 Å². The molecule has 2 aromatic rings. The zero-order valence-corrected chi connectivity index (χ0v) is 12.8. The summed E-state index contributed by atoms with van der Waals surface area (Å²) in [4.78, 5) is 11.6. The predicted octanol–water partition coefficient (Wildman–Crippen LogP) is 2.45. The van der Waals surface area contributed by atoms with Crippen LogP contribution < -0.4 is 10.2 Å². The number of hydrogen-bond acceptors (Lipinski definition) is 5. The molecule has 114 valence electrons. The zero-order valence-electron chi connectivity index (χ0n) is 12.0. The van der Waals surface area contributed by atoms with Gasteiger partial charge in [0.25, 0.3) is 0 Å². The third kappa shape index (κ3) is 3.54. The van der Waals surface area contributed by atoms with E-state index in [0.29, 0.717) is 0 Å². The second-order valence-electron chi connectivity index (χ2n) is 5.09. The van der Waals surface area contributed by atoms with E-state index in [0.717, 1.165) is 48.7 Å². The quantitative estimate of drug-likeness (QED) is 0.831. The zero-order chi connectivity index (χ0) is 13.8. The molecule has 1 aliphatic heterocycles. The minimum Gasteiger partial charge on any atom is -0.396 e. The first-order chi connectivity index (χ1) is 9.88. The Kier molecular flexibility index (Phi) is 5.59. The lowest BCUT2D eigenvalue weighted by atomic mass is 10.2. The SMILES string of the molecule is Cl.OCCCNc1nc(N2CCCC2)nc2ccccc12. The second-order valence-corrected chi connectivity index (χ2v) is 5.09. The molecule has 1 aromatic carbocycles. The maximum absolute atomic E-state index is 8.90. The van der Waals surface area contributed by atoms with Crippen LogP contribution in [0.1, 0.15) is 19.3 Å². The fourth-order valence-electron chi connectivity index (χ4n) is 2.54. The van der Waals surface area contributed by atoms with Gasteiger partial charge < -0.3 is 15.3 Å². The van der Waals surface area contributed by atoms with Crippen molar-refractivity contribution < 1.29 is 5.11 Å². The maximum Gasteiger partial charge on any atom is 0.227 e. The number of halogens is 1. The summed E-state index contributed by atoms with van der Waals surface area (Å²) in [6, 6.07) is 8.05. The van der Waals surface area contributed by atoms with Crippen molar-refractivity contribution in [2.45, 2.75) is 19.3 Å². The molecule has 0 radical (unpaired) electrons. The van der Waals surface area contributed by atoms with Gasteiger partial charge in [0.05, 0.1) is 5.52 Å². The summed E-state index contributed by atoms with van der Waals surface area (Å²) in [6.07, 6.45) is 3.14. The molecule has 0 saturated carbocycles. The number of aliphatic hydroxyl groups excluding tert-OH is 1. The smallest absolute Gasteiger partial charge is 0.227 e. The molecule has 6 heteroatoms. The van der Waals surface area contributed by atoms with E-state index < -0.39 is 0 Å². The molecular weight excluding hydrogens is 288 g/mol. The number of benzene rings is 1. The normalized spacial score (nSPS) is 14.2. The Labute approximate surface area is 130 Å². The monoisotopic (exact) mass is 308 g/mol. The van der Waals surface area contributed by atoms with Crippen LogP contribution in [0, 0.1) is 0 Å². The number of rotatable bonds is 5. The molecule has 2 N–H and O–H groups in total. The molecule has 2 heterocycles. The van der Waals surface area contributed by atoms with Gasteiger partial charge in [0.1, 0.15) is 5.82 Å². The molecule has 1 fully saturated rings. The first kappa shape index (κ1) is 15.8. The number of aliphatic hydroxyl groups is 1. The fraction of sp³-hybridized carbons (Fsp3) is 0.467. The van der Waals surface area contributed by atoms with Crippen molar-refractivity contribution in [3.05, 3.63) is 24.3 Å². The summed E-state index contributed by atoms with van der Waals surface area (Å²) in [7, 11) is 0. The van der Waals surface area contributed by atoms with E-state index in [1.165, 1.54) is 12.8 Å². The van der Waals surface area contributed by atoms with Crippen molar-refractivity contribution in [3.63, 3.8) is 0 Å². The topological polar surface area (TPSA) is 61.3 Å². The summed E-state index contributed by atoms with van der Waals surface area (Å²) in [5.41, 5.74) is 0.968. The Morgan fingerprint density at radius 3 is 2.67 bits per heavy atom. The van der Waals surface area contributed by atoms with Crippen LogP contribution in [-0.4, -0.2) is 41.3 Å². The molecular formula is C15H21ClN4O. The van der Waals surface area contributed by atoms with Gasteiger partial charge in [0.15, 0.2) is 0 Å². The Bertz CT molecular complexity index is 587. The van der Waals surface area contributed by atoms with E-state index in [2.05, 4.69) is 20.2 Å². The van der Waals surface area contributed by atoms with Gasteiger partial charge in [-0.05, 0) is 31.4 Å². The number of aromatic nitrogens is 2. The molecule has 0 atom stereocenters. The number of fused-ring (bicyclic) bond motifs is 1. The molecule has 0 bridgehead atoms. The average Bonchev–Trinajstić information content (AvgIpc) is 3.01. The van der Waals surface area contributed by atoms with Crippen molar-refractivity contribution in [3.8, 4) is 0 Å². The minimum absolute atomic E-state index is 0. The third-order valence-corrected chi connectivity index (χ3v) is 3.61. The highest BCUT2D eigenvalue weighted by Crippen LogP contribution is 2.25. The number of nitrogens with zero attached hydrogens (tertiary/aromatic N) is 3. The molecule has 1 saturated heterocycles. The molecule has 1 aromatic heterocycles. The van der Waals surface area contributed by atoms with E-state index in [1.54, 1.807) is 0 Å². The fourth-order valence-corrected chi connectivity index (χ4v) is 2.54. The van der Waals surface area contributed by atoms with Crippen molar-refractivity contribution >= 4 is 35.1 Å². The van der Waals surface area contributed by atoms with Gasteiger partial charge in [-0.25, -0.2) is 4.98 Å². The number of anilines is 2. The van der Waals surface area contributed by atoms with E-state index in [-0.39, 0.29) is 19.0 Å². The molecule has 0 amide bonds. The Morgan fingerprint density at radius 2 is 1.90 bits per heavy atom. The van der Waals surface area contributed by atoms with Crippen molar-refractivity contribution in [1.29, 1.82) is 0 Å². The largest absolute Gasteiger partial charge is 0.396 e. The predicted molar refractivity (Wildman–Crippen MR) is 88.4 cm³/mol. The lowest BCUT2D eigenvalue weighted by Crippen LogP contribution is -2.21. The highest BCUT2D eigenvalue weighted by Gasteiger charge is 2.17. The first-order valence-corrected chi connectivity index (χ1v) is 7.25. The molecule has 0 unspecified atom stereocenters. The lowest BCUT2D eigenvalue weighted by molar-refractivity contribution is 0.292. The second kappa shape index (κ2) is 7.43. The molecule has 0 spiro atoms. The Morgan fingerprint density at radius 1 is 1.14 bits per heavy atom. The third-order valence-electron chi connectivity index (χ3n) is 3.61. The van der Waals surface area contributed by atoms with Crippen LogP contribution in [0.4, 0.5) is 11.8 Å². The standard InChI is InChI=1S/C15H20N4O.ClH/c20-11-5-8-16-14-12-6-1-2-7-13(12)17-15(18-14)19-9-3-4-10-19;/h1-2,6-7,20H,3-5,8-11H2,(H,16,17,18);1H. The molecule has 3 rings (SSSR count). The average molecular weight is 309 g/mol. The summed E-state index contributed by atoms with van der Waals surface area (Å²) in [6.45, 7) is 2.98. The van der Waals surface area contributed by atoms with Crippen LogP contribution in [0.3, 0.4) is 0 Å². The van der Waals surface area contributed by atoms with Crippen molar-refractivity contribution in [2.75, 3.05) is 36.5 Å². The minimum atomic E-state index is 0. The van der Waals surface area contributed by atoms with Gasteiger partial charge in [-0.2, -0.15) is 4.98 Å². The van der Waals surface area contributed by atoms with Gasteiger partial charge in [0, 0.05) is 31.6 Å². The van der Waals surface area contributed by atoms with Crippen LogP contribution in [0.2, 0.25) is 0 Å². The first-order valence-electron chi connectivity index (χ1n) is 7.25. The summed E-state index contributed by atoms with van der Waals surface area (Å²) < 4.78 is 0. The van der Waals surface area contributed by atoms with Gasteiger partial charge in [-0.1, -0.05) is 12.1 Å². The van der Waals surface area contributed by atoms with Gasteiger partial charge >= 0.3 is 0 Å².